The molecular formula is C29H28N4O3. The SMILES string of the molecule is CC(=O)Nc1ccc(-c2oc(-c3ccccc3)nc2C(=O)Nc2ccc(N3CCCCC3)cc2)cc1. The molecule has 0 atom stereocenters. The summed E-state index contributed by atoms with van der Waals surface area (Å²) in [5.41, 5.74) is 4.18. The number of oxazole rings is 1. The first-order valence-electron chi connectivity index (χ1n) is 12.2. The Kier molecular flexibility index (Phi) is 6.80. The highest BCUT2D eigenvalue weighted by molar-refractivity contribution is 6.07. The number of aromatic nitrogens is 1. The molecule has 1 aliphatic rings. The Hall–Kier alpha value is -4.39. The van der Waals surface area contributed by atoms with Crippen molar-refractivity contribution in [2.45, 2.75) is 26.2 Å². The number of carbonyl (C=O) groups excluding carboxylic acids is 2. The van der Waals surface area contributed by atoms with Gasteiger partial charge in [0, 0.05) is 48.2 Å². The molecule has 7 heteroatoms. The van der Waals surface area contributed by atoms with Gasteiger partial charge in [0.2, 0.25) is 11.8 Å². The van der Waals surface area contributed by atoms with Gasteiger partial charge in [-0.1, -0.05) is 18.2 Å². The van der Waals surface area contributed by atoms with E-state index in [9.17, 15) is 9.59 Å². The van der Waals surface area contributed by atoms with Crippen molar-refractivity contribution in [3.05, 3.63) is 84.6 Å². The van der Waals surface area contributed by atoms with Crippen LogP contribution in [0.5, 0.6) is 0 Å². The molecule has 0 unspecified atom stereocenters. The van der Waals surface area contributed by atoms with Gasteiger partial charge < -0.3 is 20.0 Å². The zero-order valence-electron chi connectivity index (χ0n) is 20.2. The average Bonchev–Trinajstić information content (AvgIpc) is 3.36. The van der Waals surface area contributed by atoms with Crippen LogP contribution in [-0.4, -0.2) is 29.9 Å². The summed E-state index contributed by atoms with van der Waals surface area (Å²) in [5, 5.41) is 5.71. The van der Waals surface area contributed by atoms with Crippen molar-refractivity contribution in [3.63, 3.8) is 0 Å². The molecular weight excluding hydrogens is 452 g/mol. The van der Waals surface area contributed by atoms with Gasteiger partial charge in [-0.05, 0) is 79.9 Å². The van der Waals surface area contributed by atoms with E-state index in [0.29, 0.717) is 28.6 Å². The van der Waals surface area contributed by atoms with Gasteiger partial charge in [-0.15, -0.1) is 0 Å². The van der Waals surface area contributed by atoms with Crippen molar-refractivity contribution in [1.82, 2.24) is 4.98 Å². The molecule has 0 spiro atoms. The Labute approximate surface area is 210 Å². The van der Waals surface area contributed by atoms with Gasteiger partial charge in [0.05, 0.1) is 0 Å². The third kappa shape index (κ3) is 5.30. The summed E-state index contributed by atoms with van der Waals surface area (Å²) >= 11 is 0. The second-order valence-corrected chi connectivity index (χ2v) is 8.87. The molecule has 0 saturated carbocycles. The predicted molar refractivity (Wildman–Crippen MR) is 142 cm³/mol. The predicted octanol–water partition coefficient (Wildman–Crippen LogP) is 6.21. The van der Waals surface area contributed by atoms with Crippen molar-refractivity contribution < 1.29 is 14.0 Å². The lowest BCUT2D eigenvalue weighted by molar-refractivity contribution is -0.114. The van der Waals surface area contributed by atoms with Crippen LogP contribution in [0.2, 0.25) is 0 Å². The topological polar surface area (TPSA) is 87.5 Å². The van der Waals surface area contributed by atoms with E-state index in [1.54, 1.807) is 24.3 Å². The van der Waals surface area contributed by atoms with Crippen LogP contribution in [0.25, 0.3) is 22.8 Å². The molecule has 2 N–H and O–H groups in total. The molecule has 1 fully saturated rings. The van der Waals surface area contributed by atoms with Crippen LogP contribution in [0, 0.1) is 0 Å². The van der Waals surface area contributed by atoms with E-state index in [1.165, 1.54) is 31.9 Å². The summed E-state index contributed by atoms with van der Waals surface area (Å²) in [5.74, 6) is 0.223. The number of piperidine rings is 1. The summed E-state index contributed by atoms with van der Waals surface area (Å²) < 4.78 is 6.10. The van der Waals surface area contributed by atoms with Crippen molar-refractivity contribution in [2.24, 2.45) is 0 Å². The molecule has 4 aromatic rings. The number of benzene rings is 3. The lowest BCUT2D eigenvalue weighted by atomic mass is 10.1. The molecule has 36 heavy (non-hydrogen) atoms. The minimum absolute atomic E-state index is 0.153. The molecule has 3 aromatic carbocycles. The molecule has 0 bridgehead atoms. The zero-order chi connectivity index (χ0) is 24.9. The number of hydrogen-bond acceptors (Lipinski definition) is 5. The van der Waals surface area contributed by atoms with E-state index in [0.717, 1.165) is 18.7 Å². The summed E-state index contributed by atoms with van der Waals surface area (Å²) in [7, 11) is 0. The molecule has 2 heterocycles. The maximum absolute atomic E-state index is 13.4. The number of carbonyl (C=O) groups is 2. The van der Waals surface area contributed by atoms with E-state index in [-0.39, 0.29) is 17.5 Å². The van der Waals surface area contributed by atoms with Crippen molar-refractivity contribution in [2.75, 3.05) is 28.6 Å². The van der Waals surface area contributed by atoms with Gasteiger partial charge in [0.25, 0.3) is 5.91 Å². The third-order valence-corrected chi connectivity index (χ3v) is 6.18. The Morgan fingerprint density at radius 1 is 0.778 bits per heavy atom. The van der Waals surface area contributed by atoms with E-state index in [2.05, 4.69) is 20.5 Å². The number of anilines is 3. The van der Waals surface area contributed by atoms with Gasteiger partial charge in [-0.25, -0.2) is 4.98 Å². The molecule has 2 amide bonds. The fraction of sp³-hybridized carbons (Fsp3) is 0.207. The normalized spacial score (nSPS) is 13.3. The summed E-state index contributed by atoms with van der Waals surface area (Å²) in [6, 6.07) is 24.5. The van der Waals surface area contributed by atoms with Crippen LogP contribution < -0.4 is 15.5 Å². The van der Waals surface area contributed by atoms with Crippen molar-refractivity contribution in [1.29, 1.82) is 0 Å². The van der Waals surface area contributed by atoms with Crippen molar-refractivity contribution in [3.8, 4) is 22.8 Å². The van der Waals surface area contributed by atoms with E-state index >= 15 is 0 Å². The molecule has 0 aliphatic carbocycles. The monoisotopic (exact) mass is 480 g/mol. The second-order valence-electron chi connectivity index (χ2n) is 8.87. The van der Waals surface area contributed by atoms with Crippen LogP contribution >= 0.6 is 0 Å². The molecule has 5 rings (SSSR count). The Bertz CT molecular complexity index is 1340. The largest absolute Gasteiger partial charge is 0.435 e. The Balaban J connectivity index is 1.42. The number of rotatable bonds is 6. The first kappa shape index (κ1) is 23.4. The summed E-state index contributed by atoms with van der Waals surface area (Å²) in [6.45, 7) is 3.59. The molecule has 7 nitrogen and oxygen atoms in total. The maximum Gasteiger partial charge on any atom is 0.278 e. The van der Waals surface area contributed by atoms with E-state index in [4.69, 9.17) is 4.42 Å². The number of amides is 2. The Morgan fingerprint density at radius 2 is 1.42 bits per heavy atom. The molecule has 1 aliphatic heterocycles. The van der Waals surface area contributed by atoms with Gasteiger partial charge in [0.15, 0.2) is 11.5 Å². The smallest absolute Gasteiger partial charge is 0.278 e. The van der Waals surface area contributed by atoms with Crippen LogP contribution in [0.15, 0.2) is 83.3 Å². The first-order chi connectivity index (χ1) is 17.6. The third-order valence-electron chi connectivity index (χ3n) is 6.18. The number of hydrogen-bond donors (Lipinski definition) is 2. The second kappa shape index (κ2) is 10.5. The molecule has 1 saturated heterocycles. The van der Waals surface area contributed by atoms with Crippen molar-refractivity contribution >= 4 is 28.9 Å². The highest BCUT2D eigenvalue weighted by atomic mass is 16.4. The van der Waals surface area contributed by atoms with Crippen LogP contribution in [0.3, 0.4) is 0 Å². The fourth-order valence-corrected chi connectivity index (χ4v) is 4.38. The quantitative estimate of drug-likeness (QED) is 0.343. The minimum Gasteiger partial charge on any atom is -0.435 e. The zero-order valence-corrected chi connectivity index (χ0v) is 20.2. The molecule has 1 aromatic heterocycles. The summed E-state index contributed by atoms with van der Waals surface area (Å²) in [6.07, 6.45) is 3.71. The maximum atomic E-state index is 13.4. The lowest BCUT2D eigenvalue weighted by Gasteiger charge is -2.28. The minimum atomic E-state index is -0.354. The highest BCUT2D eigenvalue weighted by Crippen LogP contribution is 2.31. The fourth-order valence-electron chi connectivity index (χ4n) is 4.38. The van der Waals surface area contributed by atoms with E-state index in [1.807, 2.05) is 54.6 Å². The summed E-state index contributed by atoms with van der Waals surface area (Å²) in [4.78, 5) is 31.6. The van der Waals surface area contributed by atoms with Crippen LogP contribution in [-0.2, 0) is 4.79 Å². The first-order valence-corrected chi connectivity index (χ1v) is 12.2. The van der Waals surface area contributed by atoms with E-state index < -0.39 is 0 Å². The standard InChI is InChI=1S/C29H28N4O3/c1-20(34)30-23-12-10-21(11-13-23)27-26(32-29(36-27)22-8-4-2-5-9-22)28(35)31-24-14-16-25(17-15-24)33-18-6-3-7-19-33/h2,4-5,8-17H,3,6-7,18-19H2,1H3,(H,30,34)(H,31,35). The van der Waals surface area contributed by atoms with Gasteiger partial charge in [0.1, 0.15) is 0 Å². The number of nitrogens with zero attached hydrogens (tertiary/aromatic N) is 2. The van der Waals surface area contributed by atoms with Gasteiger partial charge in [-0.3, -0.25) is 9.59 Å². The van der Waals surface area contributed by atoms with Crippen LogP contribution in [0.1, 0.15) is 36.7 Å². The van der Waals surface area contributed by atoms with Gasteiger partial charge in [-0.2, -0.15) is 0 Å². The molecule has 182 valence electrons. The van der Waals surface area contributed by atoms with Crippen LogP contribution in [0.4, 0.5) is 17.1 Å². The molecule has 0 radical (unpaired) electrons. The highest BCUT2D eigenvalue weighted by Gasteiger charge is 2.23. The lowest BCUT2D eigenvalue weighted by Crippen LogP contribution is -2.29. The average molecular weight is 481 g/mol. The van der Waals surface area contributed by atoms with Gasteiger partial charge >= 0.3 is 0 Å². The number of nitrogens with one attached hydrogen (secondary N) is 2. The Morgan fingerprint density at radius 3 is 2.08 bits per heavy atom.